The largest absolute Gasteiger partial charge is 0.291 e. The molecule has 0 bridgehead atoms. The summed E-state index contributed by atoms with van der Waals surface area (Å²) < 4.78 is 0. The van der Waals surface area contributed by atoms with Gasteiger partial charge in [0.05, 0.1) is 26.7 Å². The fourth-order valence-electron chi connectivity index (χ4n) is 6.62. The van der Waals surface area contributed by atoms with E-state index in [1.807, 2.05) is 0 Å². The molecule has 0 aromatic heterocycles. The summed E-state index contributed by atoms with van der Waals surface area (Å²) in [4.78, 5) is 20.4. The first-order valence-electron chi connectivity index (χ1n) is 26.2. The topological polar surface area (TPSA) is 25.9 Å². The lowest BCUT2D eigenvalue weighted by molar-refractivity contribution is 0.132. The van der Waals surface area contributed by atoms with Crippen LogP contribution in [0, 0.1) is 10.8 Å². The van der Waals surface area contributed by atoms with Crippen molar-refractivity contribution < 1.29 is 0 Å². The van der Waals surface area contributed by atoms with E-state index in [2.05, 4.69) is 178 Å². The summed E-state index contributed by atoms with van der Waals surface area (Å²) in [5, 5.41) is 0. The number of unbranched alkanes of at least 4 members (excludes halogenated alkanes) is 5. The minimum atomic E-state index is 0. The van der Waals surface area contributed by atoms with E-state index < -0.39 is 0 Å². The third-order valence-corrected chi connectivity index (χ3v) is 11.9. The Labute approximate surface area is 397 Å². The second-order valence-corrected chi connectivity index (χ2v) is 19.4. The van der Waals surface area contributed by atoms with Crippen molar-refractivity contribution in [3.05, 3.63) is 0 Å². The highest BCUT2D eigenvalue weighted by Gasteiger charge is 2.15. The lowest BCUT2D eigenvalue weighted by atomic mass is 9.92. The van der Waals surface area contributed by atoms with Crippen molar-refractivity contribution >= 4 is 0 Å². The van der Waals surface area contributed by atoms with Gasteiger partial charge in [-0.3, -0.25) is 39.2 Å². The Morgan fingerprint density at radius 2 is 0.452 bits per heavy atom. The van der Waals surface area contributed by atoms with Crippen LogP contribution in [0.4, 0.5) is 0 Å². The van der Waals surface area contributed by atoms with Crippen LogP contribution in [0.15, 0.2) is 0 Å². The van der Waals surface area contributed by atoms with Crippen LogP contribution in [0.3, 0.4) is 0 Å². The third kappa shape index (κ3) is 50.7. The highest BCUT2D eigenvalue weighted by molar-refractivity contribution is 4.67. The minimum absolute atomic E-state index is 0. The van der Waals surface area contributed by atoms with Gasteiger partial charge in [0.25, 0.3) is 0 Å². The van der Waals surface area contributed by atoms with E-state index in [0.29, 0.717) is 10.8 Å². The van der Waals surface area contributed by atoms with Gasteiger partial charge in [-0.05, 0) is 148 Å². The van der Waals surface area contributed by atoms with Gasteiger partial charge in [-0.25, -0.2) is 0 Å². The van der Waals surface area contributed by atoms with Crippen molar-refractivity contribution in [1.29, 1.82) is 0 Å². The lowest BCUT2D eigenvalue weighted by Crippen LogP contribution is -2.39. The Balaban J connectivity index is -0.000000184. The molecule has 0 aliphatic heterocycles. The summed E-state index contributed by atoms with van der Waals surface area (Å²) >= 11 is 0. The first kappa shape index (κ1) is 73.3. The fourth-order valence-corrected chi connectivity index (χ4v) is 6.62. The molecular formula is C54H128N8. The molecule has 0 aliphatic carbocycles. The fraction of sp³-hybridized carbons (Fsp3) is 1.00. The molecular weight excluding hydrogens is 761 g/mol. The quantitative estimate of drug-likeness (QED) is 0.0466. The van der Waals surface area contributed by atoms with E-state index in [9.17, 15) is 0 Å². The average Bonchev–Trinajstić information content (AvgIpc) is 3.23. The molecule has 0 rings (SSSR count). The molecule has 0 atom stereocenters. The van der Waals surface area contributed by atoms with Gasteiger partial charge in [-0.1, -0.05) is 185 Å². The predicted molar refractivity (Wildman–Crippen MR) is 290 cm³/mol. The maximum atomic E-state index is 2.62. The van der Waals surface area contributed by atoms with Crippen LogP contribution >= 0.6 is 0 Å². The van der Waals surface area contributed by atoms with Gasteiger partial charge in [-0.2, -0.15) is 0 Å². The van der Waals surface area contributed by atoms with Crippen molar-refractivity contribution in [2.45, 2.75) is 218 Å². The third-order valence-electron chi connectivity index (χ3n) is 11.9. The first-order chi connectivity index (χ1) is 28.4. The van der Waals surface area contributed by atoms with E-state index in [0.717, 1.165) is 79.0 Å². The van der Waals surface area contributed by atoms with E-state index in [1.54, 1.807) is 0 Å². The van der Waals surface area contributed by atoms with Gasteiger partial charge in [0.15, 0.2) is 0 Å². The Bertz CT molecular complexity index is 763. The molecule has 0 spiro atoms. The molecule has 0 aromatic carbocycles. The number of hydrogen-bond donors (Lipinski definition) is 0. The van der Waals surface area contributed by atoms with Crippen molar-refractivity contribution in [3.63, 3.8) is 0 Å². The Hall–Kier alpha value is -0.320. The van der Waals surface area contributed by atoms with Gasteiger partial charge < -0.3 is 0 Å². The standard InChI is InChI=1S/C21H48N4.2C13H30N2.C5H12.2CH4/c1-7-13-17-23(10-4)21-25(12-6)19-16-14-15-18-24(11-5)20-22(8-2)9-3;2*1-7-14(8-2)12-15(9-3)11-10-13(4,5)6;1-3-5-4-2;;/h7-21H2,1-6H3;2*7-12H2,1-6H3;3-5H2,1-2H3;2*1H4. The molecule has 0 fully saturated rings. The summed E-state index contributed by atoms with van der Waals surface area (Å²) in [7, 11) is 0. The van der Waals surface area contributed by atoms with Gasteiger partial charge in [-0.15, -0.1) is 0 Å². The van der Waals surface area contributed by atoms with E-state index >= 15 is 0 Å². The summed E-state index contributed by atoms with van der Waals surface area (Å²) in [6, 6.07) is 0. The maximum Gasteiger partial charge on any atom is 0.0505 e. The molecule has 0 amide bonds. The second-order valence-electron chi connectivity index (χ2n) is 19.4. The lowest BCUT2D eigenvalue weighted by Gasteiger charge is -2.30. The van der Waals surface area contributed by atoms with Crippen molar-refractivity contribution in [2.24, 2.45) is 10.8 Å². The zero-order valence-corrected chi connectivity index (χ0v) is 45.8. The summed E-state index contributed by atoms with van der Waals surface area (Å²) in [5.74, 6) is 0. The number of rotatable bonds is 34. The average molecular weight is 890 g/mol. The zero-order chi connectivity index (χ0) is 46.8. The molecule has 0 aromatic rings. The van der Waals surface area contributed by atoms with Gasteiger partial charge in [0.2, 0.25) is 0 Å². The van der Waals surface area contributed by atoms with Crippen molar-refractivity contribution in [2.75, 3.05) is 131 Å². The van der Waals surface area contributed by atoms with E-state index in [1.165, 1.54) is 117 Å². The number of nitrogens with zero attached hydrogens (tertiary/aromatic N) is 8. The molecule has 0 saturated carbocycles. The Kier molecular flexibility index (Phi) is 59.2. The Morgan fingerprint density at radius 3 is 0.645 bits per heavy atom. The molecule has 8 heteroatoms. The Morgan fingerprint density at radius 1 is 0.242 bits per heavy atom. The van der Waals surface area contributed by atoms with Gasteiger partial charge in [0, 0.05) is 0 Å². The smallest absolute Gasteiger partial charge is 0.0505 e. The monoisotopic (exact) mass is 889 g/mol. The van der Waals surface area contributed by atoms with Crippen LogP contribution in [-0.4, -0.2) is 171 Å². The molecule has 0 unspecified atom stereocenters. The first-order valence-corrected chi connectivity index (χ1v) is 26.2. The van der Waals surface area contributed by atoms with Crippen LogP contribution in [0.5, 0.6) is 0 Å². The van der Waals surface area contributed by atoms with Crippen molar-refractivity contribution in [3.8, 4) is 0 Å². The van der Waals surface area contributed by atoms with E-state index in [-0.39, 0.29) is 14.9 Å². The molecule has 0 saturated heterocycles. The predicted octanol–water partition coefficient (Wildman–Crippen LogP) is 13.7. The van der Waals surface area contributed by atoms with E-state index in [4.69, 9.17) is 0 Å². The minimum Gasteiger partial charge on any atom is -0.291 e. The van der Waals surface area contributed by atoms with Gasteiger partial charge >= 0.3 is 0 Å². The molecule has 0 radical (unpaired) electrons. The van der Waals surface area contributed by atoms with Gasteiger partial charge in [0.1, 0.15) is 0 Å². The number of hydrogen-bond acceptors (Lipinski definition) is 8. The maximum absolute atomic E-state index is 2.62. The summed E-state index contributed by atoms with van der Waals surface area (Å²) in [6.45, 7) is 69.0. The van der Waals surface area contributed by atoms with Crippen LogP contribution in [0.25, 0.3) is 0 Å². The molecule has 62 heavy (non-hydrogen) atoms. The van der Waals surface area contributed by atoms with Crippen LogP contribution < -0.4 is 0 Å². The second kappa shape index (κ2) is 50.1. The van der Waals surface area contributed by atoms with Crippen molar-refractivity contribution in [1.82, 2.24) is 39.2 Å². The molecule has 8 nitrogen and oxygen atoms in total. The zero-order valence-electron chi connectivity index (χ0n) is 45.8. The highest BCUT2D eigenvalue weighted by atomic mass is 15.3. The molecule has 384 valence electrons. The molecule has 0 N–H and O–H groups in total. The van der Waals surface area contributed by atoms with Crippen LogP contribution in [-0.2, 0) is 0 Å². The van der Waals surface area contributed by atoms with Crippen LogP contribution in [0.1, 0.15) is 218 Å². The summed E-state index contributed by atoms with van der Waals surface area (Å²) in [5.41, 5.74) is 0.910. The summed E-state index contributed by atoms with van der Waals surface area (Å²) in [6.07, 6.45) is 13.3. The highest BCUT2D eigenvalue weighted by Crippen LogP contribution is 2.19. The SMILES string of the molecule is C.C.CCCCC.CCCCN(CC)CN(CC)CCCCCN(CC)CN(CC)CC.CCN(CC)CN(CC)CCC(C)(C)C.CCN(CC)CN(CC)CCC(C)(C)C. The van der Waals surface area contributed by atoms with Crippen LogP contribution in [0.2, 0.25) is 0 Å². The molecule has 0 heterocycles. The molecule has 0 aliphatic rings. The normalized spacial score (nSPS) is 11.8.